The van der Waals surface area contributed by atoms with Crippen molar-refractivity contribution in [3.63, 3.8) is 0 Å². The third-order valence-electron chi connectivity index (χ3n) is 1.98. The first-order chi connectivity index (χ1) is 5.29. The fourth-order valence-electron chi connectivity index (χ4n) is 1.15. The molecule has 1 fully saturated rings. The Morgan fingerprint density at radius 1 is 1.45 bits per heavy atom. The molecule has 1 heterocycles. The van der Waals surface area contributed by atoms with Gasteiger partial charge in [-0.15, -0.1) is 0 Å². The van der Waals surface area contributed by atoms with Crippen molar-refractivity contribution in [2.45, 2.75) is 25.7 Å². The Bertz CT molecular complexity index is 281. The van der Waals surface area contributed by atoms with E-state index >= 15 is 0 Å². The Kier molecular flexibility index (Phi) is 1.37. The third-order valence-corrected chi connectivity index (χ3v) is 1.98. The molecule has 1 aliphatic rings. The number of rotatable bonds is 1. The molecule has 1 saturated carbocycles. The minimum atomic E-state index is -0.429. The average molecular weight is 151 g/mol. The molecule has 1 aromatic heterocycles. The SMILES string of the molecule is Cc1c(F)n[c]nc1C1CC1. The van der Waals surface area contributed by atoms with Crippen molar-refractivity contribution >= 4 is 0 Å². The molecule has 0 saturated heterocycles. The normalized spacial score (nSPS) is 16.9. The highest BCUT2D eigenvalue weighted by Gasteiger charge is 2.27. The predicted octanol–water partition coefficient (Wildman–Crippen LogP) is 1.60. The van der Waals surface area contributed by atoms with Crippen LogP contribution in [0.2, 0.25) is 0 Å². The molecule has 0 aliphatic heterocycles. The molecule has 0 atom stereocenters. The fraction of sp³-hybridized carbons (Fsp3) is 0.500. The molecule has 0 aromatic carbocycles. The molecule has 1 aromatic rings. The van der Waals surface area contributed by atoms with Crippen molar-refractivity contribution in [2.24, 2.45) is 0 Å². The number of hydrogen-bond donors (Lipinski definition) is 0. The highest BCUT2D eigenvalue weighted by molar-refractivity contribution is 5.22. The van der Waals surface area contributed by atoms with Crippen LogP contribution in [0.1, 0.15) is 30.0 Å². The zero-order valence-corrected chi connectivity index (χ0v) is 6.26. The molecule has 1 radical (unpaired) electrons. The zero-order valence-electron chi connectivity index (χ0n) is 6.26. The summed E-state index contributed by atoms with van der Waals surface area (Å²) in [5.41, 5.74) is 1.43. The molecule has 1 aliphatic carbocycles. The summed E-state index contributed by atoms with van der Waals surface area (Å²) in [7, 11) is 0. The van der Waals surface area contributed by atoms with Crippen LogP contribution < -0.4 is 0 Å². The maximum Gasteiger partial charge on any atom is 0.219 e. The lowest BCUT2D eigenvalue weighted by Crippen LogP contribution is -1.97. The maximum absolute atomic E-state index is 12.8. The first-order valence-corrected chi connectivity index (χ1v) is 3.69. The average Bonchev–Trinajstić information content (AvgIpc) is 2.77. The van der Waals surface area contributed by atoms with Crippen LogP contribution in [0.15, 0.2) is 0 Å². The second-order valence-corrected chi connectivity index (χ2v) is 2.90. The smallest absolute Gasteiger partial charge is 0.219 e. The summed E-state index contributed by atoms with van der Waals surface area (Å²) in [6.07, 6.45) is 4.58. The van der Waals surface area contributed by atoms with Crippen LogP contribution in [-0.2, 0) is 0 Å². The largest absolute Gasteiger partial charge is 0.230 e. The summed E-state index contributed by atoms with van der Waals surface area (Å²) in [4.78, 5) is 7.27. The van der Waals surface area contributed by atoms with Crippen molar-refractivity contribution < 1.29 is 4.39 Å². The van der Waals surface area contributed by atoms with Crippen LogP contribution >= 0.6 is 0 Å². The molecule has 11 heavy (non-hydrogen) atoms. The zero-order chi connectivity index (χ0) is 7.84. The second kappa shape index (κ2) is 2.26. The van der Waals surface area contributed by atoms with E-state index in [1.54, 1.807) is 6.92 Å². The number of halogens is 1. The van der Waals surface area contributed by atoms with Gasteiger partial charge in [-0.3, -0.25) is 0 Å². The lowest BCUT2D eigenvalue weighted by Gasteiger charge is -2.00. The van der Waals surface area contributed by atoms with Crippen LogP contribution in [0, 0.1) is 19.2 Å². The molecule has 2 nitrogen and oxygen atoms in total. The van der Waals surface area contributed by atoms with Gasteiger partial charge in [-0.2, -0.15) is 9.37 Å². The summed E-state index contributed by atoms with van der Waals surface area (Å²) < 4.78 is 12.8. The van der Waals surface area contributed by atoms with Gasteiger partial charge in [-0.25, -0.2) is 4.98 Å². The quantitative estimate of drug-likeness (QED) is 0.570. The Hall–Kier alpha value is -0.990. The second-order valence-electron chi connectivity index (χ2n) is 2.90. The van der Waals surface area contributed by atoms with Gasteiger partial charge in [0, 0.05) is 11.5 Å². The van der Waals surface area contributed by atoms with Gasteiger partial charge in [0.05, 0.1) is 5.69 Å². The topological polar surface area (TPSA) is 25.8 Å². The van der Waals surface area contributed by atoms with E-state index in [0.29, 0.717) is 11.5 Å². The van der Waals surface area contributed by atoms with Gasteiger partial charge in [0.25, 0.3) is 0 Å². The first-order valence-electron chi connectivity index (χ1n) is 3.69. The van der Waals surface area contributed by atoms with Crippen molar-refractivity contribution in [1.82, 2.24) is 9.97 Å². The molecule has 0 N–H and O–H groups in total. The van der Waals surface area contributed by atoms with E-state index in [2.05, 4.69) is 16.3 Å². The van der Waals surface area contributed by atoms with Crippen LogP contribution in [0.25, 0.3) is 0 Å². The summed E-state index contributed by atoms with van der Waals surface area (Å²) >= 11 is 0. The van der Waals surface area contributed by atoms with E-state index in [1.165, 1.54) is 0 Å². The third kappa shape index (κ3) is 1.11. The van der Waals surface area contributed by atoms with Gasteiger partial charge in [0.15, 0.2) is 0 Å². The summed E-state index contributed by atoms with van der Waals surface area (Å²) in [6, 6.07) is 0. The van der Waals surface area contributed by atoms with Gasteiger partial charge in [-0.05, 0) is 19.8 Å². The molecule has 0 spiro atoms. The van der Waals surface area contributed by atoms with Crippen molar-refractivity contribution in [2.75, 3.05) is 0 Å². The molecule has 0 unspecified atom stereocenters. The van der Waals surface area contributed by atoms with Crippen LogP contribution in [0.3, 0.4) is 0 Å². The van der Waals surface area contributed by atoms with Gasteiger partial charge in [-0.1, -0.05) is 0 Å². The Labute approximate surface area is 64.5 Å². The lowest BCUT2D eigenvalue weighted by molar-refractivity contribution is 0.563. The van der Waals surface area contributed by atoms with Crippen molar-refractivity contribution in [1.29, 1.82) is 0 Å². The van der Waals surface area contributed by atoms with Gasteiger partial charge >= 0.3 is 0 Å². The standard InChI is InChI=1S/C8H8FN2/c1-5-7(6-2-3-6)10-4-11-8(5)9/h6H,2-3H2,1H3. The van der Waals surface area contributed by atoms with Crippen LogP contribution in [0.5, 0.6) is 0 Å². The molecule has 0 bridgehead atoms. The maximum atomic E-state index is 12.8. The van der Waals surface area contributed by atoms with Crippen LogP contribution in [0.4, 0.5) is 4.39 Å². The minimum Gasteiger partial charge on any atom is -0.230 e. The van der Waals surface area contributed by atoms with E-state index in [-0.39, 0.29) is 0 Å². The van der Waals surface area contributed by atoms with Gasteiger partial charge in [0.1, 0.15) is 0 Å². The minimum absolute atomic E-state index is 0.429. The molecule has 2 rings (SSSR count). The van der Waals surface area contributed by atoms with Crippen LogP contribution in [-0.4, -0.2) is 9.97 Å². The summed E-state index contributed by atoms with van der Waals surface area (Å²) in [5, 5.41) is 0. The fourth-order valence-corrected chi connectivity index (χ4v) is 1.15. The van der Waals surface area contributed by atoms with Crippen molar-refractivity contribution in [3.05, 3.63) is 23.5 Å². The molecule has 0 amide bonds. The monoisotopic (exact) mass is 151 g/mol. The summed E-state index contributed by atoms with van der Waals surface area (Å²) in [6.45, 7) is 1.72. The molecular weight excluding hydrogens is 143 g/mol. The van der Waals surface area contributed by atoms with E-state index < -0.39 is 5.95 Å². The van der Waals surface area contributed by atoms with E-state index in [4.69, 9.17) is 0 Å². The highest BCUT2D eigenvalue weighted by Crippen LogP contribution is 2.40. The number of nitrogens with zero attached hydrogens (tertiary/aromatic N) is 2. The van der Waals surface area contributed by atoms with Gasteiger partial charge < -0.3 is 0 Å². The Morgan fingerprint density at radius 2 is 2.18 bits per heavy atom. The molecular formula is C8H8FN2. The number of hydrogen-bond acceptors (Lipinski definition) is 2. The lowest BCUT2D eigenvalue weighted by atomic mass is 10.2. The Balaban J connectivity index is 2.45. The predicted molar refractivity (Wildman–Crippen MR) is 37.5 cm³/mol. The van der Waals surface area contributed by atoms with E-state index in [1.807, 2.05) is 0 Å². The Morgan fingerprint density at radius 3 is 2.82 bits per heavy atom. The van der Waals surface area contributed by atoms with Gasteiger partial charge in [0.2, 0.25) is 12.3 Å². The van der Waals surface area contributed by atoms with Crippen molar-refractivity contribution in [3.8, 4) is 0 Å². The highest BCUT2D eigenvalue weighted by atomic mass is 19.1. The molecule has 3 heteroatoms. The van der Waals surface area contributed by atoms with E-state index in [0.717, 1.165) is 18.5 Å². The number of aromatic nitrogens is 2. The summed E-state index contributed by atoms with van der Waals surface area (Å²) in [5.74, 6) is 0.0469. The first kappa shape index (κ1) is 6.70. The van der Waals surface area contributed by atoms with E-state index in [9.17, 15) is 4.39 Å². The molecule has 57 valence electrons.